The monoisotopic (exact) mass is 504 g/mol. The highest BCUT2D eigenvalue weighted by atomic mass is 32.2. The molecule has 1 saturated heterocycles. The van der Waals surface area contributed by atoms with Crippen molar-refractivity contribution in [2.75, 3.05) is 20.8 Å². The van der Waals surface area contributed by atoms with E-state index >= 15 is 0 Å². The number of hydrogen-bond donors (Lipinski definition) is 2. The third-order valence-corrected chi connectivity index (χ3v) is 6.56. The highest BCUT2D eigenvalue weighted by Crippen LogP contribution is 2.47. The number of hydrogen-bond acceptors (Lipinski definition) is 7. The highest BCUT2D eigenvalue weighted by molar-refractivity contribution is 8.04. The van der Waals surface area contributed by atoms with Crippen LogP contribution in [0.5, 0.6) is 11.5 Å². The summed E-state index contributed by atoms with van der Waals surface area (Å²) >= 11 is 1.28. The van der Waals surface area contributed by atoms with Crippen molar-refractivity contribution in [2.45, 2.75) is 5.37 Å². The van der Waals surface area contributed by atoms with Gasteiger partial charge < -0.3 is 14.8 Å². The first kappa shape index (κ1) is 24.8. The van der Waals surface area contributed by atoms with Gasteiger partial charge in [0.25, 0.3) is 17.7 Å². The van der Waals surface area contributed by atoms with Crippen LogP contribution in [0.1, 0.15) is 26.9 Å². The van der Waals surface area contributed by atoms with Crippen LogP contribution < -0.4 is 20.2 Å². The number of methoxy groups -OCH3 is 2. The molecule has 1 aliphatic heterocycles. The molecule has 3 aromatic rings. The van der Waals surface area contributed by atoms with Gasteiger partial charge in [0.05, 0.1) is 25.7 Å². The van der Waals surface area contributed by atoms with Gasteiger partial charge in [-0.05, 0) is 30.3 Å². The Bertz CT molecular complexity index is 1300. The average Bonchev–Trinajstić information content (AvgIpc) is 3.22. The summed E-state index contributed by atoms with van der Waals surface area (Å²) in [6, 6.07) is 17.7. The predicted molar refractivity (Wildman–Crippen MR) is 136 cm³/mol. The zero-order chi connectivity index (χ0) is 25.5. The Morgan fingerprint density at radius 3 is 2.39 bits per heavy atom. The van der Waals surface area contributed by atoms with Gasteiger partial charge in [-0.1, -0.05) is 48.2 Å². The SMILES string of the molecule is COc1ccccc1/C=C1\SC(c2ccccc2OC)N(NC(=O)CNC(=O)c2ccncc2)C1=O. The Balaban J connectivity index is 1.58. The number of thioether (sulfide) groups is 1. The van der Waals surface area contributed by atoms with Crippen LogP contribution in [-0.2, 0) is 9.59 Å². The first-order chi connectivity index (χ1) is 17.5. The van der Waals surface area contributed by atoms with Crippen molar-refractivity contribution in [1.82, 2.24) is 20.7 Å². The van der Waals surface area contributed by atoms with Crippen molar-refractivity contribution >= 4 is 35.6 Å². The molecule has 1 atom stereocenters. The van der Waals surface area contributed by atoms with Gasteiger partial charge in [-0.25, -0.2) is 5.01 Å². The number of pyridine rings is 1. The minimum atomic E-state index is -0.588. The summed E-state index contributed by atoms with van der Waals surface area (Å²) in [5.74, 6) is -0.173. The van der Waals surface area contributed by atoms with Crippen molar-refractivity contribution in [1.29, 1.82) is 0 Å². The second kappa shape index (κ2) is 11.4. The molecule has 2 heterocycles. The molecule has 10 heteroatoms. The fraction of sp³-hybridized carbons (Fsp3) is 0.154. The molecule has 3 amide bonds. The largest absolute Gasteiger partial charge is 0.496 e. The number of nitrogens with zero attached hydrogens (tertiary/aromatic N) is 2. The molecule has 0 spiro atoms. The van der Waals surface area contributed by atoms with E-state index in [9.17, 15) is 14.4 Å². The molecular formula is C26H24N4O5S. The van der Waals surface area contributed by atoms with Crippen LogP contribution >= 0.6 is 11.8 Å². The lowest BCUT2D eigenvalue weighted by Crippen LogP contribution is -2.48. The van der Waals surface area contributed by atoms with Crippen molar-refractivity contribution in [2.24, 2.45) is 0 Å². The van der Waals surface area contributed by atoms with E-state index in [0.717, 1.165) is 5.56 Å². The van der Waals surface area contributed by atoms with Crippen LogP contribution in [0.2, 0.25) is 0 Å². The molecular weight excluding hydrogens is 480 g/mol. The highest BCUT2D eigenvalue weighted by Gasteiger charge is 2.40. The molecule has 2 aromatic carbocycles. The van der Waals surface area contributed by atoms with Crippen LogP contribution in [-0.4, -0.2) is 48.5 Å². The van der Waals surface area contributed by atoms with Gasteiger partial charge in [0.1, 0.15) is 16.9 Å². The maximum Gasteiger partial charge on any atom is 0.280 e. The first-order valence-corrected chi connectivity index (χ1v) is 11.9. The van der Waals surface area contributed by atoms with Gasteiger partial charge in [0.15, 0.2) is 0 Å². The topological polar surface area (TPSA) is 110 Å². The summed E-state index contributed by atoms with van der Waals surface area (Å²) in [5, 5.41) is 3.22. The molecule has 1 fully saturated rings. The van der Waals surface area contributed by atoms with Crippen molar-refractivity contribution in [3.63, 3.8) is 0 Å². The summed E-state index contributed by atoms with van der Waals surface area (Å²) in [5.41, 5.74) is 4.46. The predicted octanol–water partition coefficient (Wildman–Crippen LogP) is 3.18. The van der Waals surface area contributed by atoms with E-state index in [2.05, 4.69) is 15.7 Å². The molecule has 0 bridgehead atoms. The maximum atomic E-state index is 13.4. The van der Waals surface area contributed by atoms with Crippen LogP contribution in [0, 0.1) is 0 Å². The number of carbonyl (C=O) groups excluding carboxylic acids is 3. The smallest absolute Gasteiger partial charge is 0.280 e. The molecule has 184 valence electrons. The fourth-order valence-electron chi connectivity index (χ4n) is 3.59. The van der Waals surface area contributed by atoms with Crippen LogP contribution in [0.25, 0.3) is 6.08 Å². The molecule has 1 aliphatic rings. The molecule has 9 nitrogen and oxygen atoms in total. The normalized spacial score (nSPS) is 16.1. The Morgan fingerprint density at radius 2 is 1.67 bits per heavy atom. The third kappa shape index (κ3) is 5.49. The van der Waals surface area contributed by atoms with E-state index < -0.39 is 23.1 Å². The van der Waals surface area contributed by atoms with Gasteiger partial charge in [-0.2, -0.15) is 0 Å². The van der Waals surface area contributed by atoms with Crippen molar-refractivity contribution < 1.29 is 23.9 Å². The number of nitrogens with one attached hydrogen (secondary N) is 2. The lowest BCUT2D eigenvalue weighted by molar-refractivity contribution is -0.137. The Labute approximate surface area is 212 Å². The van der Waals surface area contributed by atoms with E-state index in [1.807, 2.05) is 36.4 Å². The molecule has 0 radical (unpaired) electrons. The van der Waals surface area contributed by atoms with Gasteiger partial charge in [-0.15, -0.1) is 0 Å². The number of para-hydroxylation sites is 2. The number of hydrazine groups is 1. The van der Waals surface area contributed by atoms with E-state index in [4.69, 9.17) is 9.47 Å². The third-order valence-electron chi connectivity index (χ3n) is 5.33. The maximum absolute atomic E-state index is 13.4. The van der Waals surface area contributed by atoms with E-state index in [1.54, 1.807) is 44.6 Å². The number of rotatable bonds is 8. The van der Waals surface area contributed by atoms with Crippen molar-refractivity contribution in [3.8, 4) is 11.5 Å². The Morgan fingerprint density at radius 1 is 1.00 bits per heavy atom. The summed E-state index contributed by atoms with van der Waals surface area (Å²) < 4.78 is 10.9. The van der Waals surface area contributed by atoms with E-state index in [-0.39, 0.29) is 6.54 Å². The molecule has 4 rings (SSSR count). The lowest BCUT2D eigenvalue weighted by atomic mass is 10.1. The fourth-order valence-corrected chi connectivity index (χ4v) is 4.80. The zero-order valence-corrected chi connectivity index (χ0v) is 20.5. The van der Waals surface area contributed by atoms with Gasteiger partial charge in [-0.3, -0.25) is 24.8 Å². The van der Waals surface area contributed by atoms with Gasteiger partial charge in [0.2, 0.25) is 0 Å². The summed E-state index contributed by atoms with van der Waals surface area (Å²) in [6.45, 7) is -0.320. The standard InChI is InChI=1S/C26H24N4O5S/c1-34-20-9-5-3-7-18(20)15-22-25(33)30(26(36-22)19-8-4-6-10-21(19)35-2)29-23(31)16-28-24(32)17-11-13-27-14-12-17/h3-15,26H,16H2,1-2H3,(H,28,32)(H,29,31)/b22-15-. The second-order valence-electron chi connectivity index (χ2n) is 7.59. The molecule has 0 aliphatic carbocycles. The first-order valence-electron chi connectivity index (χ1n) is 11.0. The number of aromatic nitrogens is 1. The molecule has 2 N–H and O–H groups in total. The number of amides is 3. The van der Waals surface area contributed by atoms with E-state index in [1.165, 1.54) is 29.2 Å². The summed E-state index contributed by atoms with van der Waals surface area (Å²) in [4.78, 5) is 42.8. The van der Waals surface area contributed by atoms with Gasteiger partial charge in [0, 0.05) is 29.1 Å². The average molecular weight is 505 g/mol. The number of benzene rings is 2. The molecule has 36 heavy (non-hydrogen) atoms. The Kier molecular flexibility index (Phi) is 7.86. The van der Waals surface area contributed by atoms with E-state index in [0.29, 0.717) is 27.5 Å². The number of ether oxygens (including phenoxy) is 2. The summed E-state index contributed by atoms with van der Waals surface area (Å²) in [6.07, 6.45) is 4.71. The number of carbonyl (C=O) groups is 3. The van der Waals surface area contributed by atoms with Crippen LogP contribution in [0.15, 0.2) is 78.0 Å². The lowest BCUT2D eigenvalue weighted by Gasteiger charge is -2.25. The summed E-state index contributed by atoms with van der Waals surface area (Å²) in [7, 11) is 3.11. The van der Waals surface area contributed by atoms with Crippen LogP contribution in [0.3, 0.4) is 0 Å². The quantitative estimate of drug-likeness (QED) is 0.454. The van der Waals surface area contributed by atoms with Crippen molar-refractivity contribution in [3.05, 3.63) is 94.7 Å². The minimum Gasteiger partial charge on any atom is -0.496 e. The van der Waals surface area contributed by atoms with Gasteiger partial charge >= 0.3 is 0 Å². The minimum absolute atomic E-state index is 0.320. The molecule has 0 saturated carbocycles. The molecule has 1 aromatic heterocycles. The zero-order valence-electron chi connectivity index (χ0n) is 19.6. The second-order valence-corrected chi connectivity index (χ2v) is 8.71. The molecule has 1 unspecified atom stereocenters. The Hall–Kier alpha value is -4.31. The van der Waals surface area contributed by atoms with Crippen LogP contribution in [0.4, 0.5) is 0 Å².